The Morgan fingerprint density at radius 1 is 1.26 bits per heavy atom. The zero-order valence-electron chi connectivity index (χ0n) is 9.69. The number of aromatic nitrogens is 1. The van der Waals surface area contributed by atoms with Crippen molar-refractivity contribution in [2.45, 2.75) is 23.2 Å². The van der Waals surface area contributed by atoms with E-state index in [1.54, 1.807) is 6.07 Å². The van der Waals surface area contributed by atoms with Crippen LogP contribution in [0.1, 0.15) is 23.0 Å². The van der Waals surface area contributed by atoms with Crippen molar-refractivity contribution in [1.82, 2.24) is 4.98 Å². The minimum Gasteiger partial charge on any atom is -0.446 e. The quantitative estimate of drug-likeness (QED) is 0.799. The number of furan rings is 1. The fourth-order valence-corrected chi connectivity index (χ4v) is 1.99. The highest BCUT2D eigenvalue weighted by molar-refractivity contribution is 7.99. The number of nitrogens with zero attached hydrogens (tertiary/aromatic N) is 1. The molecule has 2 aromatic heterocycles. The van der Waals surface area contributed by atoms with Crippen LogP contribution in [0.2, 0.25) is 0 Å². The number of carbonyl (C=O) groups excluding carboxylic acids is 1. The van der Waals surface area contributed by atoms with Crippen LogP contribution in [-0.2, 0) is 6.18 Å². The lowest BCUT2D eigenvalue weighted by Gasteiger charge is -2.05. The second-order valence-electron chi connectivity index (χ2n) is 3.66. The summed E-state index contributed by atoms with van der Waals surface area (Å²) in [5, 5.41) is 0.759. The van der Waals surface area contributed by atoms with Crippen LogP contribution in [0.4, 0.5) is 13.2 Å². The van der Waals surface area contributed by atoms with E-state index in [9.17, 15) is 18.0 Å². The third-order valence-electron chi connectivity index (χ3n) is 2.20. The van der Waals surface area contributed by atoms with Crippen LogP contribution in [-0.4, -0.2) is 10.8 Å². The minimum atomic E-state index is -4.40. The Bertz CT molecular complexity index is 590. The predicted molar refractivity (Wildman–Crippen MR) is 62.1 cm³/mol. The van der Waals surface area contributed by atoms with Gasteiger partial charge in [-0.05, 0) is 36.0 Å². The van der Waals surface area contributed by atoms with E-state index in [4.69, 9.17) is 4.42 Å². The van der Waals surface area contributed by atoms with Crippen molar-refractivity contribution in [3.8, 4) is 0 Å². The van der Waals surface area contributed by atoms with Gasteiger partial charge in [0.25, 0.3) is 0 Å². The molecular weight excluding hydrogens is 279 g/mol. The van der Waals surface area contributed by atoms with E-state index in [0.717, 1.165) is 24.0 Å². The maximum Gasteiger partial charge on any atom is 0.417 e. The highest BCUT2D eigenvalue weighted by Gasteiger charge is 2.30. The van der Waals surface area contributed by atoms with E-state index in [1.165, 1.54) is 19.1 Å². The Labute approximate surface area is 110 Å². The van der Waals surface area contributed by atoms with E-state index in [0.29, 0.717) is 10.1 Å². The molecule has 0 aliphatic heterocycles. The summed E-state index contributed by atoms with van der Waals surface area (Å²) in [6.07, 6.45) is -3.64. The number of Topliss-reactive ketones (excluding diaryl/α,β-unsaturated/α-hetero) is 1. The molecule has 0 saturated carbocycles. The van der Waals surface area contributed by atoms with Crippen molar-refractivity contribution in [3.05, 3.63) is 41.8 Å². The predicted octanol–water partition coefficient (Wildman–Crippen LogP) is 4.05. The van der Waals surface area contributed by atoms with Crippen LogP contribution in [0.3, 0.4) is 0 Å². The molecule has 0 aliphatic rings. The normalized spacial score (nSPS) is 11.6. The molecule has 2 rings (SSSR count). The largest absolute Gasteiger partial charge is 0.446 e. The minimum absolute atomic E-state index is 0.203. The first-order valence-corrected chi connectivity index (χ1v) is 6.00. The first kappa shape index (κ1) is 13.7. The van der Waals surface area contributed by atoms with Gasteiger partial charge in [-0.15, -0.1) is 0 Å². The molecule has 0 fully saturated rings. The lowest BCUT2D eigenvalue weighted by atomic mass is 10.3. The zero-order valence-corrected chi connectivity index (χ0v) is 10.5. The number of halogens is 3. The summed E-state index contributed by atoms with van der Waals surface area (Å²) >= 11 is 1.05. The van der Waals surface area contributed by atoms with E-state index < -0.39 is 11.7 Å². The smallest absolute Gasteiger partial charge is 0.417 e. The Morgan fingerprint density at radius 3 is 2.47 bits per heavy atom. The highest BCUT2D eigenvalue weighted by Crippen LogP contribution is 2.32. The maximum atomic E-state index is 12.3. The molecule has 19 heavy (non-hydrogen) atoms. The van der Waals surface area contributed by atoms with Crippen molar-refractivity contribution < 1.29 is 22.4 Å². The van der Waals surface area contributed by atoms with Crippen LogP contribution in [0.15, 0.2) is 45.0 Å². The van der Waals surface area contributed by atoms with Gasteiger partial charge in [0.05, 0.1) is 5.56 Å². The van der Waals surface area contributed by atoms with Crippen molar-refractivity contribution in [3.63, 3.8) is 0 Å². The number of hydrogen-bond donors (Lipinski definition) is 0. The van der Waals surface area contributed by atoms with Gasteiger partial charge in [0.2, 0.25) is 0 Å². The monoisotopic (exact) mass is 287 g/mol. The molecule has 0 amide bonds. The first-order chi connectivity index (χ1) is 8.86. The molecule has 2 aromatic rings. The van der Waals surface area contributed by atoms with E-state index >= 15 is 0 Å². The van der Waals surface area contributed by atoms with Gasteiger partial charge < -0.3 is 4.42 Å². The standard InChI is InChI=1S/C12H8F3NO2S/c1-7(17)9-3-5-11(18-9)19-10-4-2-8(6-16-10)12(13,14)15/h2-6H,1H3. The molecule has 0 N–H and O–H groups in total. The molecule has 3 nitrogen and oxygen atoms in total. The Hall–Kier alpha value is -1.76. The number of hydrogen-bond acceptors (Lipinski definition) is 4. The van der Waals surface area contributed by atoms with Crippen LogP contribution < -0.4 is 0 Å². The summed E-state index contributed by atoms with van der Waals surface area (Å²) in [4.78, 5) is 14.7. The van der Waals surface area contributed by atoms with Gasteiger partial charge in [0, 0.05) is 13.1 Å². The van der Waals surface area contributed by atoms with Gasteiger partial charge in [-0.3, -0.25) is 4.79 Å². The molecule has 0 aromatic carbocycles. The lowest BCUT2D eigenvalue weighted by molar-refractivity contribution is -0.137. The molecule has 7 heteroatoms. The number of pyridine rings is 1. The number of alkyl halides is 3. The average molecular weight is 287 g/mol. The van der Waals surface area contributed by atoms with Crippen molar-refractivity contribution in [2.24, 2.45) is 0 Å². The Kier molecular flexibility index (Phi) is 3.66. The second kappa shape index (κ2) is 5.08. The van der Waals surface area contributed by atoms with Gasteiger partial charge >= 0.3 is 6.18 Å². The number of carbonyl (C=O) groups is 1. The van der Waals surface area contributed by atoms with Gasteiger partial charge in [-0.1, -0.05) is 0 Å². The summed E-state index contributed by atoms with van der Waals surface area (Å²) in [6, 6.07) is 5.28. The fraction of sp³-hybridized carbons (Fsp3) is 0.167. The molecule has 100 valence electrons. The molecule has 2 heterocycles. The number of ketones is 1. The first-order valence-electron chi connectivity index (χ1n) is 5.18. The molecule has 0 atom stereocenters. The highest BCUT2D eigenvalue weighted by atomic mass is 32.2. The van der Waals surface area contributed by atoms with Crippen molar-refractivity contribution in [2.75, 3.05) is 0 Å². The van der Waals surface area contributed by atoms with Crippen molar-refractivity contribution >= 4 is 17.5 Å². The van der Waals surface area contributed by atoms with Gasteiger partial charge in [0.1, 0.15) is 5.03 Å². The summed E-state index contributed by atoms with van der Waals surface area (Å²) < 4.78 is 42.2. The molecular formula is C12H8F3NO2S. The summed E-state index contributed by atoms with van der Waals surface area (Å²) in [5.41, 5.74) is -0.805. The topological polar surface area (TPSA) is 43.1 Å². The van der Waals surface area contributed by atoms with E-state index in [2.05, 4.69) is 4.98 Å². The SMILES string of the molecule is CC(=O)c1ccc(Sc2ccc(C(F)(F)F)cn2)o1. The molecule has 0 spiro atoms. The summed E-state index contributed by atoms with van der Waals surface area (Å²) in [7, 11) is 0. The summed E-state index contributed by atoms with van der Waals surface area (Å²) in [5.74, 6) is -0.0124. The summed E-state index contributed by atoms with van der Waals surface area (Å²) in [6.45, 7) is 1.36. The molecule has 0 radical (unpaired) electrons. The van der Waals surface area contributed by atoms with Crippen LogP contribution in [0.5, 0.6) is 0 Å². The molecule has 0 unspecified atom stereocenters. The van der Waals surface area contributed by atoms with Crippen LogP contribution >= 0.6 is 11.8 Å². The molecule has 0 saturated heterocycles. The maximum absolute atomic E-state index is 12.3. The van der Waals surface area contributed by atoms with E-state index in [1.807, 2.05) is 0 Å². The molecule has 0 bridgehead atoms. The lowest BCUT2D eigenvalue weighted by Crippen LogP contribution is -2.04. The Balaban J connectivity index is 2.13. The average Bonchev–Trinajstić information content (AvgIpc) is 2.77. The third kappa shape index (κ3) is 3.37. The van der Waals surface area contributed by atoms with Crippen molar-refractivity contribution in [1.29, 1.82) is 0 Å². The van der Waals surface area contributed by atoms with E-state index in [-0.39, 0.29) is 11.5 Å². The van der Waals surface area contributed by atoms with Gasteiger partial charge in [0.15, 0.2) is 16.6 Å². The number of rotatable bonds is 3. The third-order valence-corrected chi connectivity index (χ3v) is 3.07. The second-order valence-corrected chi connectivity index (χ2v) is 4.68. The van der Waals surface area contributed by atoms with Gasteiger partial charge in [-0.2, -0.15) is 13.2 Å². The Morgan fingerprint density at radius 2 is 2.00 bits per heavy atom. The molecule has 0 aliphatic carbocycles. The fourth-order valence-electron chi connectivity index (χ4n) is 1.28. The van der Waals surface area contributed by atoms with Crippen LogP contribution in [0.25, 0.3) is 0 Å². The van der Waals surface area contributed by atoms with Gasteiger partial charge in [-0.25, -0.2) is 4.98 Å². The van der Waals surface area contributed by atoms with Crippen LogP contribution in [0, 0.1) is 0 Å². The zero-order chi connectivity index (χ0) is 14.0.